The highest BCUT2D eigenvalue weighted by molar-refractivity contribution is 7.84. The van der Waals surface area contributed by atoms with Crippen LogP contribution in [-0.4, -0.2) is 70.1 Å². The fraction of sp³-hybridized carbons (Fsp3) is 0.818. The molecule has 8 heteroatoms. The Bertz CT molecular complexity index is 363. The lowest BCUT2D eigenvalue weighted by molar-refractivity contribution is -0.141. The van der Waals surface area contributed by atoms with Gasteiger partial charge in [-0.3, -0.25) is 4.21 Å². The van der Waals surface area contributed by atoms with Crippen molar-refractivity contribution in [2.45, 2.75) is 25.5 Å². The minimum atomic E-state index is -1.04. The number of methoxy groups -OCH3 is 1. The Kier molecular flexibility index (Phi) is 6.23. The first-order valence-corrected chi connectivity index (χ1v) is 7.63. The van der Waals surface area contributed by atoms with Gasteiger partial charge in [0.15, 0.2) is 0 Å². The topological polar surface area (TPSA) is 95.9 Å². The second-order valence-electron chi connectivity index (χ2n) is 4.26. The zero-order valence-corrected chi connectivity index (χ0v) is 11.9. The van der Waals surface area contributed by atoms with Crippen LogP contribution in [0.4, 0.5) is 4.79 Å². The van der Waals surface area contributed by atoms with E-state index in [2.05, 4.69) is 5.32 Å². The predicted octanol–water partition coefficient (Wildman–Crippen LogP) is -0.361. The summed E-state index contributed by atoms with van der Waals surface area (Å²) in [5, 5.41) is 11.7. The van der Waals surface area contributed by atoms with Gasteiger partial charge in [0.1, 0.15) is 6.04 Å². The average Bonchev–Trinajstić information content (AvgIpc) is 2.82. The standard InChI is InChI=1S/C11H20N2O5S/c1-3-19(17)5-4-12-11(16)13-7-8(18-2)6-9(13)10(14)15/h8-9H,3-7H2,1-2H3,(H,12,16)(H,14,15). The average molecular weight is 292 g/mol. The Labute approximate surface area is 114 Å². The van der Waals surface area contributed by atoms with E-state index in [1.807, 2.05) is 6.92 Å². The van der Waals surface area contributed by atoms with Crippen molar-refractivity contribution >= 4 is 22.8 Å². The van der Waals surface area contributed by atoms with E-state index in [0.29, 0.717) is 17.9 Å². The van der Waals surface area contributed by atoms with Crippen molar-refractivity contribution in [3.05, 3.63) is 0 Å². The van der Waals surface area contributed by atoms with E-state index in [-0.39, 0.29) is 19.2 Å². The molecule has 0 spiro atoms. The molecule has 110 valence electrons. The first-order valence-electron chi connectivity index (χ1n) is 6.14. The molecule has 0 aromatic carbocycles. The van der Waals surface area contributed by atoms with Gasteiger partial charge in [-0.25, -0.2) is 9.59 Å². The quantitative estimate of drug-likeness (QED) is 0.697. The number of urea groups is 1. The van der Waals surface area contributed by atoms with Crippen LogP contribution in [-0.2, 0) is 20.3 Å². The smallest absolute Gasteiger partial charge is 0.326 e. The molecule has 1 rings (SSSR count). The molecular formula is C11H20N2O5S. The van der Waals surface area contributed by atoms with Crippen LogP contribution in [0.2, 0.25) is 0 Å². The Morgan fingerprint density at radius 1 is 1.53 bits per heavy atom. The molecule has 2 N–H and O–H groups in total. The van der Waals surface area contributed by atoms with Gasteiger partial charge >= 0.3 is 12.0 Å². The third-order valence-electron chi connectivity index (χ3n) is 3.07. The number of carboxylic acids is 1. The zero-order chi connectivity index (χ0) is 14.4. The molecule has 1 aliphatic heterocycles. The van der Waals surface area contributed by atoms with Gasteiger partial charge in [0.25, 0.3) is 0 Å². The summed E-state index contributed by atoms with van der Waals surface area (Å²) in [5.41, 5.74) is 0. The highest BCUT2D eigenvalue weighted by atomic mass is 32.2. The number of amides is 2. The summed E-state index contributed by atoms with van der Waals surface area (Å²) in [7, 11) is 0.550. The number of nitrogens with one attached hydrogen (secondary N) is 1. The number of hydrogen-bond acceptors (Lipinski definition) is 4. The van der Waals surface area contributed by atoms with Crippen LogP contribution in [0.15, 0.2) is 0 Å². The van der Waals surface area contributed by atoms with E-state index < -0.39 is 28.8 Å². The second-order valence-corrected chi connectivity index (χ2v) is 6.13. The van der Waals surface area contributed by atoms with Crippen molar-refractivity contribution in [1.29, 1.82) is 0 Å². The van der Waals surface area contributed by atoms with Crippen molar-refractivity contribution in [2.24, 2.45) is 0 Å². The van der Waals surface area contributed by atoms with Crippen LogP contribution in [0.1, 0.15) is 13.3 Å². The molecular weight excluding hydrogens is 272 g/mol. The van der Waals surface area contributed by atoms with Gasteiger partial charge in [-0.15, -0.1) is 0 Å². The van der Waals surface area contributed by atoms with Crippen molar-refractivity contribution in [1.82, 2.24) is 10.2 Å². The van der Waals surface area contributed by atoms with Crippen LogP contribution in [0.5, 0.6) is 0 Å². The zero-order valence-electron chi connectivity index (χ0n) is 11.1. The molecule has 0 bridgehead atoms. The van der Waals surface area contributed by atoms with Gasteiger partial charge in [-0.2, -0.15) is 0 Å². The lowest BCUT2D eigenvalue weighted by Crippen LogP contribution is -2.47. The van der Waals surface area contributed by atoms with E-state index in [0.717, 1.165) is 0 Å². The molecule has 0 aliphatic carbocycles. The molecule has 3 unspecified atom stereocenters. The summed E-state index contributed by atoms with van der Waals surface area (Å²) in [6.07, 6.45) is 0.0387. The summed E-state index contributed by atoms with van der Waals surface area (Å²) in [6, 6.07) is -1.30. The number of ether oxygens (including phenoxy) is 1. The summed E-state index contributed by atoms with van der Waals surface area (Å²) >= 11 is 0. The van der Waals surface area contributed by atoms with E-state index in [9.17, 15) is 13.8 Å². The SMILES string of the molecule is CCS(=O)CCNC(=O)N1CC(OC)CC1C(=O)O. The Morgan fingerprint density at radius 2 is 2.21 bits per heavy atom. The van der Waals surface area contributed by atoms with Crippen molar-refractivity contribution in [3.8, 4) is 0 Å². The van der Waals surface area contributed by atoms with Crippen LogP contribution < -0.4 is 5.32 Å². The summed E-state index contributed by atoms with van der Waals surface area (Å²) < 4.78 is 16.3. The highest BCUT2D eigenvalue weighted by Crippen LogP contribution is 2.20. The normalized spacial score (nSPS) is 24.2. The molecule has 0 radical (unpaired) electrons. The fourth-order valence-electron chi connectivity index (χ4n) is 1.94. The molecule has 19 heavy (non-hydrogen) atoms. The van der Waals surface area contributed by atoms with Gasteiger partial charge < -0.3 is 20.1 Å². The monoisotopic (exact) mass is 292 g/mol. The van der Waals surface area contributed by atoms with Gasteiger partial charge in [0.05, 0.1) is 6.10 Å². The highest BCUT2D eigenvalue weighted by Gasteiger charge is 2.39. The molecule has 1 fully saturated rings. The Hall–Kier alpha value is -1.15. The Morgan fingerprint density at radius 3 is 2.74 bits per heavy atom. The summed E-state index contributed by atoms with van der Waals surface area (Å²) in [6.45, 7) is 2.35. The maximum absolute atomic E-state index is 11.9. The van der Waals surface area contributed by atoms with E-state index in [1.165, 1.54) is 12.0 Å². The number of likely N-dealkylation sites (tertiary alicyclic amines) is 1. The lowest BCUT2D eigenvalue weighted by atomic mass is 10.2. The van der Waals surface area contributed by atoms with Crippen LogP contribution >= 0.6 is 0 Å². The number of carbonyl (C=O) groups excluding carboxylic acids is 1. The minimum Gasteiger partial charge on any atom is -0.480 e. The third kappa shape index (κ3) is 4.46. The van der Waals surface area contributed by atoms with Crippen molar-refractivity contribution in [3.63, 3.8) is 0 Å². The fourth-order valence-corrected chi connectivity index (χ4v) is 2.56. The number of hydrogen-bond donors (Lipinski definition) is 2. The number of nitrogens with zero attached hydrogens (tertiary/aromatic N) is 1. The maximum Gasteiger partial charge on any atom is 0.326 e. The van der Waals surface area contributed by atoms with Gasteiger partial charge in [0.2, 0.25) is 0 Å². The van der Waals surface area contributed by atoms with E-state index in [1.54, 1.807) is 0 Å². The molecule has 3 atom stereocenters. The molecule has 2 amide bonds. The minimum absolute atomic E-state index is 0.253. The van der Waals surface area contributed by atoms with Gasteiger partial charge in [-0.05, 0) is 0 Å². The maximum atomic E-state index is 11.9. The summed E-state index contributed by atoms with van der Waals surface area (Å²) in [4.78, 5) is 24.2. The molecule has 1 heterocycles. The van der Waals surface area contributed by atoms with E-state index >= 15 is 0 Å². The third-order valence-corrected chi connectivity index (χ3v) is 4.37. The van der Waals surface area contributed by atoms with E-state index in [4.69, 9.17) is 9.84 Å². The predicted molar refractivity (Wildman–Crippen MR) is 70.5 cm³/mol. The van der Waals surface area contributed by atoms with Crippen molar-refractivity contribution < 1.29 is 23.6 Å². The largest absolute Gasteiger partial charge is 0.480 e. The molecule has 7 nitrogen and oxygen atoms in total. The van der Waals surface area contributed by atoms with Crippen molar-refractivity contribution in [2.75, 3.05) is 31.7 Å². The molecule has 1 aliphatic rings. The molecule has 0 aromatic heterocycles. The Balaban J connectivity index is 2.49. The van der Waals surface area contributed by atoms with Crippen LogP contribution in [0.25, 0.3) is 0 Å². The molecule has 1 saturated heterocycles. The number of carbonyl (C=O) groups is 2. The van der Waals surface area contributed by atoms with Crippen LogP contribution in [0, 0.1) is 0 Å². The number of rotatable bonds is 6. The van der Waals surface area contributed by atoms with Gasteiger partial charge in [-0.1, -0.05) is 6.92 Å². The first kappa shape index (κ1) is 15.9. The first-order chi connectivity index (χ1) is 8.99. The second kappa shape index (κ2) is 7.44. The lowest BCUT2D eigenvalue weighted by Gasteiger charge is -2.21. The van der Waals surface area contributed by atoms with Crippen LogP contribution in [0.3, 0.4) is 0 Å². The molecule has 0 saturated carbocycles. The number of carboxylic acid groups (broad SMARTS) is 1. The molecule has 0 aromatic rings. The number of aliphatic carboxylic acids is 1. The van der Waals surface area contributed by atoms with Gasteiger partial charge in [0, 0.05) is 48.9 Å². The summed E-state index contributed by atoms with van der Waals surface area (Å²) in [5.74, 6) is -0.114.